The fourth-order valence-electron chi connectivity index (χ4n) is 2.64. The fourth-order valence-corrected chi connectivity index (χ4v) is 2.64. The summed E-state index contributed by atoms with van der Waals surface area (Å²) in [7, 11) is 3.90. The molecule has 0 atom stereocenters. The summed E-state index contributed by atoms with van der Waals surface area (Å²) in [6.45, 7) is 4.19. The molecule has 0 saturated heterocycles. The number of hydrogen-bond donors (Lipinski definition) is 2. The third-order valence-corrected chi connectivity index (χ3v) is 4.16. The molecule has 0 spiro atoms. The van der Waals surface area contributed by atoms with Crippen LogP contribution in [0.1, 0.15) is 38.7 Å². The van der Waals surface area contributed by atoms with Gasteiger partial charge in [0.15, 0.2) is 0 Å². The number of H-pyrrole nitrogens is 1. The summed E-state index contributed by atoms with van der Waals surface area (Å²) in [6, 6.07) is 7.56. The lowest BCUT2D eigenvalue weighted by Gasteiger charge is -2.13. The molecular weight excluding hydrogens is 332 g/mol. The predicted molar refractivity (Wildman–Crippen MR) is 105 cm³/mol. The maximum absolute atomic E-state index is 12.3. The lowest BCUT2D eigenvalue weighted by Crippen LogP contribution is -2.34. The summed E-state index contributed by atoms with van der Waals surface area (Å²) in [5, 5.41) is 10.5. The lowest BCUT2D eigenvalue weighted by atomic mass is 10.1. The number of nitrogens with zero attached hydrogens (tertiary/aromatic N) is 3. The van der Waals surface area contributed by atoms with E-state index in [4.69, 9.17) is 0 Å². The maximum atomic E-state index is 12.3. The van der Waals surface area contributed by atoms with Crippen molar-refractivity contribution in [2.75, 3.05) is 19.0 Å². The Morgan fingerprint density at radius 3 is 2.38 bits per heavy atom. The first-order chi connectivity index (χ1) is 12.4. The van der Waals surface area contributed by atoms with Crippen molar-refractivity contribution in [2.24, 2.45) is 4.99 Å². The summed E-state index contributed by atoms with van der Waals surface area (Å²) in [4.78, 5) is 33.1. The average molecular weight is 358 g/mol. The molecule has 1 heterocycles. The highest BCUT2D eigenvalue weighted by Gasteiger charge is 2.18. The Labute approximate surface area is 152 Å². The van der Waals surface area contributed by atoms with Gasteiger partial charge < -0.3 is 10.0 Å². The van der Waals surface area contributed by atoms with Gasteiger partial charge in [0.2, 0.25) is 5.88 Å². The molecule has 2 N–H and O–H groups in total. The monoisotopic (exact) mass is 358 g/mol. The molecule has 0 amide bonds. The molecule has 1 aromatic heterocycles. The van der Waals surface area contributed by atoms with Gasteiger partial charge in [0.1, 0.15) is 5.56 Å². The van der Waals surface area contributed by atoms with Gasteiger partial charge in [-0.3, -0.25) is 19.3 Å². The fraction of sp³-hybridized carbons (Fsp3) is 0.421. The van der Waals surface area contributed by atoms with Crippen LogP contribution < -0.4 is 16.1 Å². The topological polar surface area (TPSA) is 90.7 Å². The van der Waals surface area contributed by atoms with Gasteiger partial charge in [0.05, 0.1) is 11.4 Å². The first kappa shape index (κ1) is 19.5. The van der Waals surface area contributed by atoms with Crippen molar-refractivity contribution in [3.05, 3.63) is 50.7 Å². The summed E-state index contributed by atoms with van der Waals surface area (Å²) in [6.07, 6.45) is 2.04. The van der Waals surface area contributed by atoms with E-state index in [1.165, 1.54) is 4.57 Å². The van der Waals surface area contributed by atoms with E-state index in [0.717, 1.165) is 18.5 Å². The number of aromatic amines is 1. The van der Waals surface area contributed by atoms with Crippen LogP contribution in [-0.4, -0.2) is 34.5 Å². The molecule has 0 fully saturated rings. The second-order valence-corrected chi connectivity index (χ2v) is 6.29. The molecule has 2 rings (SSSR count). The van der Waals surface area contributed by atoms with E-state index in [1.54, 1.807) is 0 Å². The highest BCUT2D eigenvalue weighted by molar-refractivity contribution is 6.03. The molecule has 0 saturated carbocycles. The van der Waals surface area contributed by atoms with Crippen LogP contribution in [0.5, 0.6) is 5.88 Å². The van der Waals surface area contributed by atoms with E-state index in [1.807, 2.05) is 57.1 Å². The first-order valence-corrected chi connectivity index (χ1v) is 8.80. The second-order valence-electron chi connectivity index (χ2n) is 6.29. The van der Waals surface area contributed by atoms with Gasteiger partial charge in [0.25, 0.3) is 5.56 Å². The van der Waals surface area contributed by atoms with Crippen LogP contribution in [0.2, 0.25) is 0 Å². The zero-order valence-corrected chi connectivity index (χ0v) is 15.7. The van der Waals surface area contributed by atoms with Crippen molar-refractivity contribution < 1.29 is 5.11 Å². The second kappa shape index (κ2) is 8.51. The molecule has 7 heteroatoms. The number of aromatic nitrogens is 2. The number of rotatable bonds is 7. The minimum atomic E-state index is -0.620. The van der Waals surface area contributed by atoms with Crippen molar-refractivity contribution in [2.45, 2.75) is 39.7 Å². The Bertz CT molecular complexity index is 892. The van der Waals surface area contributed by atoms with Crippen molar-refractivity contribution in [1.82, 2.24) is 9.55 Å². The van der Waals surface area contributed by atoms with Crippen LogP contribution in [0.3, 0.4) is 0 Å². The van der Waals surface area contributed by atoms with E-state index >= 15 is 0 Å². The molecule has 0 aliphatic rings. The standard InChI is InChI=1S/C19H26N4O3/c1-5-7-12-23-18(25)16(17(24)21-19(23)26)15(6-2)20-13-8-10-14(11-9-13)22(3)4/h8-11,25H,5-7,12H2,1-4H3,(H,21,24,26). The van der Waals surface area contributed by atoms with Gasteiger partial charge in [-0.1, -0.05) is 20.3 Å². The van der Waals surface area contributed by atoms with E-state index in [-0.39, 0.29) is 11.4 Å². The van der Waals surface area contributed by atoms with E-state index < -0.39 is 11.2 Å². The Morgan fingerprint density at radius 2 is 1.85 bits per heavy atom. The van der Waals surface area contributed by atoms with Gasteiger partial charge in [-0.05, 0) is 37.1 Å². The Balaban J connectivity index is 2.52. The number of aromatic hydroxyl groups is 1. The Kier molecular flexibility index (Phi) is 6.38. The number of aliphatic imine (C=N–C) groups is 1. The summed E-state index contributed by atoms with van der Waals surface area (Å²) >= 11 is 0. The predicted octanol–water partition coefficient (Wildman–Crippen LogP) is 2.64. The summed E-state index contributed by atoms with van der Waals surface area (Å²) in [5.41, 5.74) is 0.987. The summed E-state index contributed by atoms with van der Waals surface area (Å²) in [5.74, 6) is -0.322. The van der Waals surface area contributed by atoms with Gasteiger partial charge in [-0.25, -0.2) is 4.79 Å². The van der Waals surface area contributed by atoms with E-state index in [0.29, 0.717) is 24.4 Å². The van der Waals surface area contributed by atoms with E-state index in [2.05, 4.69) is 9.98 Å². The Morgan fingerprint density at radius 1 is 1.19 bits per heavy atom. The quantitative estimate of drug-likeness (QED) is 0.745. The molecule has 0 aliphatic carbocycles. The highest BCUT2D eigenvalue weighted by atomic mass is 16.3. The van der Waals surface area contributed by atoms with Crippen LogP contribution in [-0.2, 0) is 6.54 Å². The SMILES string of the molecule is CCCCn1c(O)c(C(CC)=Nc2ccc(N(C)C)cc2)c(=O)[nH]c1=O. The third kappa shape index (κ3) is 4.22. The van der Waals surface area contributed by atoms with Crippen molar-refractivity contribution >= 4 is 17.1 Å². The zero-order chi connectivity index (χ0) is 19.3. The smallest absolute Gasteiger partial charge is 0.331 e. The van der Waals surface area contributed by atoms with E-state index in [9.17, 15) is 14.7 Å². The highest BCUT2D eigenvalue weighted by Crippen LogP contribution is 2.21. The lowest BCUT2D eigenvalue weighted by molar-refractivity contribution is 0.394. The molecule has 26 heavy (non-hydrogen) atoms. The number of benzene rings is 1. The minimum absolute atomic E-state index is 0.0555. The van der Waals surface area contributed by atoms with Gasteiger partial charge in [-0.2, -0.15) is 0 Å². The number of unbranched alkanes of at least 4 members (excludes halogenated alkanes) is 1. The molecule has 0 bridgehead atoms. The molecule has 0 radical (unpaired) electrons. The maximum Gasteiger partial charge on any atom is 0.331 e. The van der Waals surface area contributed by atoms with Crippen LogP contribution in [0.4, 0.5) is 11.4 Å². The third-order valence-electron chi connectivity index (χ3n) is 4.16. The van der Waals surface area contributed by atoms with Gasteiger partial charge >= 0.3 is 5.69 Å². The molecule has 140 valence electrons. The number of anilines is 1. The average Bonchev–Trinajstić information content (AvgIpc) is 2.60. The molecule has 0 unspecified atom stereocenters. The zero-order valence-electron chi connectivity index (χ0n) is 15.7. The summed E-state index contributed by atoms with van der Waals surface area (Å²) < 4.78 is 1.19. The van der Waals surface area contributed by atoms with Crippen LogP contribution in [0.15, 0.2) is 38.8 Å². The van der Waals surface area contributed by atoms with Crippen LogP contribution >= 0.6 is 0 Å². The number of nitrogens with one attached hydrogen (secondary N) is 1. The number of hydrogen-bond acceptors (Lipinski definition) is 5. The first-order valence-electron chi connectivity index (χ1n) is 8.80. The molecule has 0 aliphatic heterocycles. The van der Waals surface area contributed by atoms with Crippen molar-refractivity contribution in [3.8, 4) is 5.88 Å². The molecule has 1 aromatic carbocycles. The molecule has 7 nitrogen and oxygen atoms in total. The van der Waals surface area contributed by atoms with Crippen LogP contribution in [0.25, 0.3) is 0 Å². The molecule has 2 aromatic rings. The Hall–Kier alpha value is -2.83. The normalized spacial score (nSPS) is 11.6. The minimum Gasteiger partial charge on any atom is -0.494 e. The van der Waals surface area contributed by atoms with Gasteiger partial charge in [-0.15, -0.1) is 0 Å². The van der Waals surface area contributed by atoms with Gasteiger partial charge in [0, 0.05) is 26.3 Å². The van der Waals surface area contributed by atoms with Crippen molar-refractivity contribution in [3.63, 3.8) is 0 Å². The van der Waals surface area contributed by atoms with Crippen molar-refractivity contribution in [1.29, 1.82) is 0 Å². The molecular formula is C19H26N4O3. The van der Waals surface area contributed by atoms with Crippen LogP contribution in [0, 0.1) is 0 Å². The largest absolute Gasteiger partial charge is 0.494 e.